The van der Waals surface area contributed by atoms with Crippen molar-refractivity contribution in [1.29, 1.82) is 0 Å². The highest BCUT2D eigenvalue weighted by Crippen LogP contribution is 2.22. The molecule has 2 rings (SSSR count). The van der Waals surface area contributed by atoms with Crippen LogP contribution in [0.25, 0.3) is 11.4 Å². The molecule has 0 atom stereocenters. The van der Waals surface area contributed by atoms with Crippen molar-refractivity contribution in [1.82, 2.24) is 9.97 Å². The first-order valence-electron chi connectivity index (χ1n) is 6.52. The summed E-state index contributed by atoms with van der Waals surface area (Å²) < 4.78 is 5.10. The van der Waals surface area contributed by atoms with Gasteiger partial charge < -0.3 is 15.2 Å². The molecule has 2 aromatic rings. The van der Waals surface area contributed by atoms with Gasteiger partial charge in [0.15, 0.2) is 5.82 Å². The van der Waals surface area contributed by atoms with Crippen LogP contribution in [0.4, 0.5) is 5.82 Å². The summed E-state index contributed by atoms with van der Waals surface area (Å²) in [6.07, 6.45) is 1.32. The molecule has 0 aliphatic rings. The number of rotatable bonds is 5. The van der Waals surface area contributed by atoms with Crippen molar-refractivity contribution in [2.45, 2.75) is 19.9 Å². The fourth-order valence-corrected chi connectivity index (χ4v) is 1.80. The Morgan fingerprint density at radius 3 is 2.48 bits per heavy atom. The monoisotopic (exact) mass is 287 g/mol. The van der Waals surface area contributed by atoms with Crippen molar-refractivity contribution in [2.24, 2.45) is 0 Å². The van der Waals surface area contributed by atoms with Gasteiger partial charge in [-0.25, -0.2) is 14.8 Å². The van der Waals surface area contributed by atoms with Crippen LogP contribution in [0, 0.1) is 0 Å². The molecule has 0 saturated heterocycles. The van der Waals surface area contributed by atoms with Gasteiger partial charge >= 0.3 is 5.97 Å². The minimum atomic E-state index is -1.06. The summed E-state index contributed by atoms with van der Waals surface area (Å²) in [5, 5.41) is 12.2. The van der Waals surface area contributed by atoms with Crippen molar-refractivity contribution in [3.63, 3.8) is 0 Å². The number of nitrogens with zero attached hydrogens (tertiary/aromatic N) is 2. The molecule has 0 spiro atoms. The molecule has 0 fully saturated rings. The largest absolute Gasteiger partial charge is 0.497 e. The third kappa shape index (κ3) is 3.47. The number of aromatic nitrogens is 2. The molecule has 6 heteroatoms. The first-order valence-corrected chi connectivity index (χ1v) is 6.52. The van der Waals surface area contributed by atoms with Gasteiger partial charge in [-0.3, -0.25) is 0 Å². The highest BCUT2D eigenvalue weighted by Gasteiger charge is 2.15. The van der Waals surface area contributed by atoms with E-state index < -0.39 is 5.97 Å². The molecule has 1 aromatic carbocycles. The average Bonchev–Trinajstić information content (AvgIpc) is 2.46. The number of benzene rings is 1. The van der Waals surface area contributed by atoms with Crippen LogP contribution < -0.4 is 10.1 Å². The molecule has 0 unspecified atom stereocenters. The topological polar surface area (TPSA) is 84.3 Å². The zero-order valence-corrected chi connectivity index (χ0v) is 12.1. The smallest absolute Gasteiger partial charge is 0.341 e. The molecule has 0 radical (unpaired) electrons. The fraction of sp³-hybridized carbons (Fsp3) is 0.267. The van der Waals surface area contributed by atoms with Crippen LogP contribution >= 0.6 is 0 Å². The summed E-state index contributed by atoms with van der Waals surface area (Å²) in [6.45, 7) is 3.83. The van der Waals surface area contributed by atoms with E-state index in [9.17, 15) is 9.90 Å². The van der Waals surface area contributed by atoms with Crippen molar-refractivity contribution in [3.05, 3.63) is 36.0 Å². The third-order valence-electron chi connectivity index (χ3n) is 2.79. The summed E-state index contributed by atoms with van der Waals surface area (Å²) in [7, 11) is 1.60. The van der Waals surface area contributed by atoms with Gasteiger partial charge in [0.05, 0.1) is 7.11 Å². The fourth-order valence-electron chi connectivity index (χ4n) is 1.80. The number of nitrogens with one attached hydrogen (secondary N) is 1. The lowest BCUT2D eigenvalue weighted by atomic mass is 10.2. The average molecular weight is 287 g/mol. The molecule has 110 valence electrons. The van der Waals surface area contributed by atoms with E-state index in [1.165, 1.54) is 6.20 Å². The molecular formula is C15H17N3O3. The van der Waals surface area contributed by atoms with E-state index in [4.69, 9.17) is 4.74 Å². The first kappa shape index (κ1) is 14.8. The van der Waals surface area contributed by atoms with E-state index in [0.29, 0.717) is 11.6 Å². The maximum absolute atomic E-state index is 11.2. The van der Waals surface area contributed by atoms with Gasteiger partial charge in [0.2, 0.25) is 0 Å². The van der Waals surface area contributed by atoms with Crippen LogP contribution in [0.5, 0.6) is 5.75 Å². The normalized spacial score (nSPS) is 10.5. The number of carboxylic acid groups (broad SMARTS) is 1. The molecule has 2 N–H and O–H groups in total. The molecule has 1 aromatic heterocycles. The Morgan fingerprint density at radius 1 is 1.29 bits per heavy atom. The highest BCUT2D eigenvalue weighted by molar-refractivity contribution is 5.93. The summed E-state index contributed by atoms with van der Waals surface area (Å²) in [5.74, 6) is 0.463. The van der Waals surface area contributed by atoms with Crippen molar-refractivity contribution >= 4 is 11.8 Å². The lowest BCUT2D eigenvalue weighted by Crippen LogP contribution is -2.16. The Bertz CT molecular complexity index is 639. The van der Waals surface area contributed by atoms with Crippen LogP contribution in [0.3, 0.4) is 0 Å². The molecule has 21 heavy (non-hydrogen) atoms. The van der Waals surface area contributed by atoms with Crippen LogP contribution in [0.1, 0.15) is 24.2 Å². The molecule has 0 aliphatic heterocycles. The van der Waals surface area contributed by atoms with E-state index in [1.54, 1.807) is 19.2 Å². The van der Waals surface area contributed by atoms with E-state index in [2.05, 4.69) is 15.3 Å². The van der Waals surface area contributed by atoms with Gasteiger partial charge in [-0.1, -0.05) is 0 Å². The first-order chi connectivity index (χ1) is 10.0. The number of methoxy groups -OCH3 is 1. The summed E-state index contributed by atoms with van der Waals surface area (Å²) in [5.41, 5.74) is 0.848. The maximum atomic E-state index is 11.2. The van der Waals surface area contributed by atoms with Crippen LogP contribution in [-0.2, 0) is 0 Å². The summed E-state index contributed by atoms with van der Waals surface area (Å²) in [4.78, 5) is 19.6. The molecular weight excluding hydrogens is 270 g/mol. The van der Waals surface area contributed by atoms with Gasteiger partial charge in [-0.05, 0) is 38.1 Å². The molecule has 0 aliphatic carbocycles. The molecule has 0 amide bonds. The second kappa shape index (κ2) is 6.21. The Labute approximate surface area is 122 Å². The Hall–Kier alpha value is -2.63. The number of ether oxygens (including phenoxy) is 1. The molecule has 1 heterocycles. The van der Waals surface area contributed by atoms with Gasteiger partial charge in [-0.2, -0.15) is 0 Å². The summed E-state index contributed by atoms with van der Waals surface area (Å²) in [6, 6.07) is 7.34. The molecule has 0 saturated carbocycles. The van der Waals surface area contributed by atoms with Gasteiger partial charge in [0.25, 0.3) is 0 Å². The van der Waals surface area contributed by atoms with Gasteiger partial charge in [-0.15, -0.1) is 0 Å². The Morgan fingerprint density at radius 2 is 1.95 bits per heavy atom. The third-order valence-corrected chi connectivity index (χ3v) is 2.79. The number of anilines is 1. The van der Waals surface area contributed by atoms with Gasteiger partial charge in [0, 0.05) is 17.8 Å². The number of carbonyl (C=O) groups is 1. The number of carboxylic acids is 1. The lowest BCUT2D eigenvalue weighted by molar-refractivity contribution is 0.0697. The van der Waals surface area contributed by atoms with E-state index in [-0.39, 0.29) is 11.6 Å². The highest BCUT2D eigenvalue weighted by atomic mass is 16.5. The summed E-state index contributed by atoms with van der Waals surface area (Å²) >= 11 is 0. The lowest BCUT2D eigenvalue weighted by Gasteiger charge is -2.12. The zero-order chi connectivity index (χ0) is 15.4. The number of hydrogen-bond acceptors (Lipinski definition) is 5. The molecule has 0 bridgehead atoms. The Balaban J connectivity index is 2.42. The standard InChI is InChI=1S/C15H17N3O3/c1-9(2)17-14-12(15(19)20)8-16-13(18-14)10-4-6-11(21-3)7-5-10/h4-9H,1-3H3,(H,19,20)(H,16,17,18). The van der Waals surface area contributed by atoms with Crippen LogP contribution in [0.2, 0.25) is 0 Å². The number of aromatic carboxylic acids is 1. The minimum Gasteiger partial charge on any atom is -0.497 e. The predicted molar refractivity (Wildman–Crippen MR) is 79.7 cm³/mol. The SMILES string of the molecule is COc1ccc(-c2ncc(C(=O)O)c(NC(C)C)n2)cc1. The van der Waals surface area contributed by atoms with E-state index >= 15 is 0 Å². The second-order valence-electron chi connectivity index (χ2n) is 4.79. The quantitative estimate of drug-likeness (QED) is 0.879. The zero-order valence-electron chi connectivity index (χ0n) is 12.1. The van der Waals surface area contributed by atoms with Crippen LogP contribution in [-0.4, -0.2) is 34.2 Å². The second-order valence-corrected chi connectivity index (χ2v) is 4.79. The number of hydrogen-bond donors (Lipinski definition) is 2. The molecule has 6 nitrogen and oxygen atoms in total. The Kier molecular flexibility index (Phi) is 4.37. The van der Waals surface area contributed by atoms with Gasteiger partial charge in [0.1, 0.15) is 17.1 Å². The minimum absolute atomic E-state index is 0.0564. The van der Waals surface area contributed by atoms with Crippen molar-refractivity contribution in [2.75, 3.05) is 12.4 Å². The van der Waals surface area contributed by atoms with E-state index in [1.807, 2.05) is 26.0 Å². The maximum Gasteiger partial charge on any atom is 0.341 e. The van der Waals surface area contributed by atoms with Crippen LogP contribution in [0.15, 0.2) is 30.5 Å². The van der Waals surface area contributed by atoms with Crippen molar-refractivity contribution in [3.8, 4) is 17.1 Å². The predicted octanol–water partition coefficient (Wildman–Crippen LogP) is 2.67. The van der Waals surface area contributed by atoms with Crippen molar-refractivity contribution < 1.29 is 14.6 Å². The van der Waals surface area contributed by atoms with E-state index in [0.717, 1.165) is 11.3 Å².